The second-order valence-corrected chi connectivity index (χ2v) is 7.58. The Morgan fingerprint density at radius 1 is 1.04 bits per heavy atom. The number of anilines is 1. The molecule has 3 heterocycles. The van der Waals surface area contributed by atoms with Gasteiger partial charge in [0.15, 0.2) is 5.82 Å². The molecule has 1 aliphatic rings. The van der Waals surface area contributed by atoms with Crippen molar-refractivity contribution in [1.29, 1.82) is 0 Å². The Kier molecular flexibility index (Phi) is 5.78. The molecule has 0 amide bonds. The van der Waals surface area contributed by atoms with Gasteiger partial charge in [-0.2, -0.15) is 9.36 Å². The van der Waals surface area contributed by atoms with Crippen molar-refractivity contribution in [3.05, 3.63) is 48.0 Å². The summed E-state index contributed by atoms with van der Waals surface area (Å²) < 4.78 is 9.71. The minimum Gasteiger partial charge on any atom is -0.497 e. The normalized spacial score (nSPS) is 15.0. The number of methoxy groups -OCH3 is 1. The molecular weight excluding hydrogens is 372 g/mol. The zero-order chi connectivity index (χ0) is 19.3. The van der Waals surface area contributed by atoms with E-state index in [-0.39, 0.29) is 0 Å². The van der Waals surface area contributed by atoms with Crippen molar-refractivity contribution in [2.75, 3.05) is 44.7 Å². The average Bonchev–Trinajstić information content (AvgIpc) is 3.24. The number of hydrogen-bond donors (Lipinski definition) is 0. The first kappa shape index (κ1) is 18.8. The molecule has 0 saturated carbocycles. The molecule has 0 atom stereocenters. The molecule has 3 aromatic rings. The van der Waals surface area contributed by atoms with Crippen LogP contribution < -0.4 is 9.64 Å². The molecule has 1 fully saturated rings. The number of hydrogen-bond acceptors (Lipinski definition) is 8. The van der Waals surface area contributed by atoms with E-state index >= 15 is 0 Å². The van der Waals surface area contributed by atoms with Crippen LogP contribution in [0, 0.1) is 6.92 Å². The van der Waals surface area contributed by atoms with E-state index in [2.05, 4.69) is 36.3 Å². The van der Waals surface area contributed by atoms with Crippen LogP contribution in [-0.2, 0) is 6.42 Å². The first-order valence-electron chi connectivity index (χ1n) is 9.44. The lowest BCUT2D eigenvalue weighted by Gasteiger charge is -2.34. The standard InChI is InChI=1S/C20H24N6OS/c1-15-21-13-17(14-22-15)19-23-20(28-24-19)26-11-9-25(10-12-26)8-7-16-3-5-18(27-2)6-4-16/h3-6,13-14H,7-12H2,1-2H3. The summed E-state index contributed by atoms with van der Waals surface area (Å²) in [5, 5.41) is 0.977. The van der Waals surface area contributed by atoms with Gasteiger partial charge in [-0.15, -0.1) is 0 Å². The van der Waals surface area contributed by atoms with Crippen molar-refractivity contribution < 1.29 is 4.74 Å². The van der Waals surface area contributed by atoms with E-state index in [1.54, 1.807) is 19.5 Å². The highest BCUT2D eigenvalue weighted by Gasteiger charge is 2.20. The maximum atomic E-state index is 5.22. The molecule has 1 aliphatic heterocycles. The highest BCUT2D eigenvalue weighted by molar-refractivity contribution is 7.09. The number of piperazine rings is 1. The van der Waals surface area contributed by atoms with E-state index in [0.29, 0.717) is 5.82 Å². The average molecular weight is 397 g/mol. The van der Waals surface area contributed by atoms with Crippen LogP contribution in [0.2, 0.25) is 0 Å². The molecule has 0 radical (unpaired) electrons. The number of nitrogens with zero attached hydrogens (tertiary/aromatic N) is 6. The van der Waals surface area contributed by atoms with E-state index in [0.717, 1.165) is 61.4 Å². The van der Waals surface area contributed by atoms with E-state index in [1.807, 2.05) is 19.1 Å². The smallest absolute Gasteiger partial charge is 0.205 e. The first-order chi connectivity index (χ1) is 13.7. The highest BCUT2D eigenvalue weighted by atomic mass is 32.1. The molecule has 146 valence electrons. The van der Waals surface area contributed by atoms with Crippen LogP contribution in [0.5, 0.6) is 5.75 Å². The van der Waals surface area contributed by atoms with Crippen LogP contribution in [0.15, 0.2) is 36.7 Å². The summed E-state index contributed by atoms with van der Waals surface area (Å²) >= 11 is 1.45. The topological polar surface area (TPSA) is 67.3 Å². The van der Waals surface area contributed by atoms with Crippen LogP contribution in [0.3, 0.4) is 0 Å². The van der Waals surface area contributed by atoms with Gasteiger partial charge in [0.25, 0.3) is 0 Å². The molecule has 1 saturated heterocycles. The van der Waals surface area contributed by atoms with E-state index < -0.39 is 0 Å². The fraction of sp³-hybridized carbons (Fsp3) is 0.400. The summed E-state index contributed by atoms with van der Waals surface area (Å²) in [6.45, 7) is 6.97. The monoisotopic (exact) mass is 396 g/mol. The molecule has 0 unspecified atom stereocenters. The van der Waals surface area contributed by atoms with Crippen molar-refractivity contribution in [2.45, 2.75) is 13.3 Å². The van der Waals surface area contributed by atoms with Gasteiger partial charge in [0, 0.05) is 56.6 Å². The summed E-state index contributed by atoms with van der Waals surface area (Å²) in [5.41, 5.74) is 2.21. The summed E-state index contributed by atoms with van der Waals surface area (Å²) in [7, 11) is 1.70. The lowest BCUT2D eigenvalue weighted by Crippen LogP contribution is -2.47. The van der Waals surface area contributed by atoms with Gasteiger partial charge in [0.2, 0.25) is 5.13 Å². The quantitative estimate of drug-likeness (QED) is 0.634. The fourth-order valence-corrected chi connectivity index (χ4v) is 3.95. The Morgan fingerprint density at radius 2 is 1.75 bits per heavy atom. The Balaban J connectivity index is 1.28. The van der Waals surface area contributed by atoms with Crippen molar-refractivity contribution in [3.8, 4) is 17.1 Å². The van der Waals surface area contributed by atoms with Gasteiger partial charge in [0.1, 0.15) is 11.6 Å². The van der Waals surface area contributed by atoms with Crippen LogP contribution >= 0.6 is 11.5 Å². The molecule has 0 bridgehead atoms. The van der Waals surface area contributed by atoms with Gasteiger partial charge >= 0.3 is 0 Å². The van der Waals surface area contributed by atoms with Crippen molar-refractivity contribution in [2.24, 2.45) is 0 Å². The zero-order valence-electron chi connectivity index (χ0n) is 16.2. The Morgan fingerprint density at radius 3 is 2.43 bits per heavy atom. The molecule has 1 aromatic carbocycles. The molecule has 7 nitrogen and oxygen atoms in total. The zero-order valence-corrected chi connectivity index (χ0v) is 17.0. The fourth-order valence-electron chi connectivity index (χ4n) is 3.21. The van der Waals surface area contributed by atoms with Gasteiger partial charge in [-0.25, -0.2) is 9.97 Å². The minimum absolute atomic E-state index is 0.710. The van der Waals surface area contributed by atoms with Crippen molar-refractivity contribution in [1.82, 2.24) is 24.2 Å². The number of ether oxygens (including phenoxy) is 1. The Hall–Kier alpha value is -2.58. The maximum Gasteiger partial charge on any atom is 0.205 e. The number of aromatic nitrogens is 4. The van der Waals surface area contributed by atoms with Gasteiger partial charge < -0.3 is 9.64 Å². The molecule has 28 heavy (non-hydrogen) atoms. The van der Waals surface area contributed by atoms with Gasteiger partial charge in [-0.1, -0.05) is 12.1 Å². The summed E-state index contributed by atoms with van der Waals surface area (Å²) in [6.07, 6.45) is 4.62. The number of rotatable bonds is 6. The first-order valence-corrected chi connectivity index (χ1v) is 10.2. The second-order valence-electron chi connectivity index (χ2n) is 6.85. The maximum absolute atomic E-state index is 5.22. The molecular formula is C20H24N6OS. The Labute approximate surface area is 169 Å². The van der Waals surface area contributed by atoms with Gasteiger partial charge in [-0.05, 0) is 31.0 Å². The third kappa shape index (κ3) is 4.45. The number of aryl methyl sites for hydroxylation is 1. The summed E-state index contributed by atoms with van der Waals surface area (Å²) in [5.74, 6) is 2.37. The van der Waals surface area contributed by atoms with E-state index in [4.69, 9.17) is 9.72 Å². The molecule has 0 aliphatic carbocycles. The molecule has 2 aromatic heterocycles. The summed E-state index contributed by atoms with van der Waals surface area (Å²) in [4.78, 5) is 18.0. The predicted octanol–water partition coefficient (Wildman–Crippen LogP) is 2.68. The van der Waals surface area contributed by atoms with Crippen LogP contribution in [-0.4, -0.2) is 64.1 Å². The molecule has 0 N–H and O–H groups in total. The molecule has 0 spiro atoms. The molecule has 8 heteroatoms. The Bertz CT molecular complexity index is 888. The van der Waals surface area contributed by atoms with Crippen LogP contribution in [0.25, 0.3) is 11.4 Å². The lowest BCUT2D eigenvalue weighted by molar-refractivity contribution is 0.261. The molecule has 4 rings (SSSR count). The van der Waals surface area contributed by atoms with Gasteiger partial charge in [-0.3, -0.25) is 4.90 Å². The van der Waals surface area contributed by atoms with Crippen LogP contribution in [0.4, 0.5) is 5.13 Å². The largest absolute Gasteiger partial charge is 0.497 e. The third-order valence-corrected chi connectivity index (χ3v) is 5.75. The predicted molar refractivity (Wildman–Crippen MR) is 111 cm³/mol. The van der Waals surface area contributed by atoms with Crippen molar-refractivity contribution >= 4 is 16.7 Å². The SMILES string of the molecule is COc1ccc(CCN2CCN(c3nc(-c4cnc(C)nc4)ns3)CC2)cc1. The third-order valence-electron chi connectivity index (χ3n) is 4.97. The minimum atomic E-state index is 0.710. The van der Waals surface area contributed by atoms with Gasteiger partial charge in [0.05, 0.1) is 12.7 Å². The van der Waals surface area contributed by atoms with Crippen LogP contribution in [0.1, 0.15) is 11.4 Å². The number of benzene rings is 1. The summed E-state index contributed by atoms with van der Waals surface area (Å²) in [6, 6.07) is 8.35. The van der Waals surface area contributed by atoms with E-state index in [1.165, 1.54) is 17.1 Å². The van der Waals surface area contributed by atoms with Crippen molar-refractivity contribution in [3.63, 3.8) is 0 Å². The second kappa shape index (κ2) is 8.62. The lowest BCUT2D eigenvalue weighted by atomic mass is 10.1. The highest BCUT2D eigenvalue weighted by Crippen LogP contribution is 2.24. The van der Waals surface area contributed by atoms with E-state index in [9.17, 15) is 0 Å².